The number of carbonyl (C=O) groups is 2. The van der Waals surface area contributed by atoms with Crippen molar-refractivity contribution in [3.8, 4) is 0 Å². The van der Waals surface area contributed by atoms with Gasteiger partial charge in [0.05, 0.1) is 0 Å². The molecule has 0 heterocycles. The monoisotopic (exact) mass is 416 g/mol. The lowest BCUT2D eigenvalue weighted by Gasteiger charge is -2.22. The first-order chi connectivity index (χ1) is 10.2. The first-order valence-corrected chi connectivity index (χ1v) is 8.65. The molecule has 122 valence electrons. The topological polar surface area (TPSA) is 58.2 Å². The number of hydrogen-bond donors (Lipinski definition) is 2. The maximum atomic E-state index is 12.5. The Morgan fingerprint density at radius 2 is 1.82 bits per heavy atom. The number of hydrogen-bond acceptors (Lipinski definition) is 2. The van der Waals surface area contributed by atoms with Crippen molar-refractivity contribution < 1.29 is 9.59 Å². The molecule has 1 aromatic rings. The van der Waals surface area contributed by atoms with Gasteiger partial charge >= 0.3 is 0 Å². The quantitative estimate of drug-likeness (QED) is 0.695. The molecule has 0 aromatic heterocycles. The molecule has 0 fully saturated rings. The molecule has 0 aliphatic carbocycles. The normalized spacial score (nSPS) is 12.4. The van der Waals surface area contributed by atoms with Gasteiger partial charge in [-0.1, -0.05) is 27.7 Å². The Kier molecular flexibility index (Phi) is 7.32. The van der Waals surface area contributed by atoms with E-state index in [1.54, 1.807) is 0 Å². The molecule has 0 spiro atoms. The Hall–Kier alpha value is -1.11. The van der Waals surface area contributed by atoms with E-state index in [9.17, 15) is 9.59 Å². The highest BCUT2D eigenvalue weighted by molar-refractivity contribution is 14.1. The summed E-state index contributed by atoms with van der Waals surface area (Å²) in [6, 6.07) is 5.33. The highest BCUT2D eigenvalue weighted by Crippen LogP contribution is 2.18. The summed E-state index contributed by atoms with van der Waals surface area (Å²) in [5.74, 6) is 0.0502. The fourth-order valence-electron chi connectivity index (χ4n) is 2.12. The zero-order valence-electron chi connectivity index (χ0n) is 13.9. The summed E-state index contributed by atoms with van der Waals surface area (Å²) in [5.41, 5.74) is 1.80. The number of benzene rings is 1. The summed E-state index contributed by atoms with van der Waals surface area (Å²) < 4.78 is 1.12. The molecule has 0 bridgehead atoms. The van der Waals surface area contributed by atoms with E-state index in [1.807, 2.05) is 52.8 Å². The van der Waals surface area contributed by atoms with Gasteiger partial charge in [-0.05, 0) is 65.1 Å². The summed E-state index contributed by atoms with van der Waals surface area (Å²) >= 11 is 2.24. The average molecular weight is 416 g/mol. The molecule has 0 radical (unpaired) electrons. The van der Waals surface area contributed by atoms with Crippen LogP contribution < -0.4 is 10.6 Å². The van der Waals surface area contributed by atoms with Crippen LogP contribution in [0.5, 0.6) is 0 Å². The van der Waals surface area contributed by atoms with Crippen LogP contribution in [0, 0.1) is 22.3 Å². The number of carbonyl (C=O) groups excluding carboxylic acids is 2. The second-order valence-corrected chi connectivity index (χ2v) is 7.58. The molecule has 0 aliphatic heterocycles. The van der Waals surface area contributed by atoms with Gasteiger partial charge in [0.25, 0.3) is 0 Å². The third-order valence-corrected chi connectivity index (χ3v) is 3.98. The predicted molar refractivity (Wildman–Crippen MR) is 98.7 cm³/mol. The lowest BCUT2D eigenvalue weighted by molar-refractivity contribution is -0.127. The second kappa shape index (κ2) is 8.50. The van der Waals surface area contributed by atoms with Crippen molar-refractivity contribution in [1.29, 1.82) is 0 Å². The maximum Gasteiger partial charge on any atom is 0.247 e. The Morgan fingerprint density at radius 3 is 2.32 bits per heavy atom. The van der Waals surface area contributed by atoms with Gasteiger partial charge < -0.3 is 10.6 Å². The van der Waals surface area contributed by atoms with Crippen LogP contribution in [0.15, 0.2) is 18.2 Å². The summed E-state index contributed by atoms with van der Waals surface area (Å²) in [6.45, 7) is 9.79. The number of halogens is 1. The van der Waals surface area contributed by atoms with Crippen LogP contribution in [0.25, 0.3) is 0 Å². The Labute approximate surface area is 146 Å². The standard InChI is InChI=1S/C17H25IN2O2/c1-10(2)8-15(21)20-16(11(3)4)17(22)19-14-7-6-13(18)9-12(14)5/h6-7,9-11,16H,8H2,1-5H3,(H,19,22)(H,20,21). The largest absolute Gasteiger partial charge is 0.344 e. The summed E-state index contributed by atoms with van der Waals surface area (Å²) in [7, 11) is 0. The highest BCUT2D eigenvalue weighted by Gasteiger charge is 2.24. The van der Waals surface area contributed by atoms with Crippen molar-refractivity contribution in [1.82, 2.24) is 5.32 Å². The molecule has 0 saturated heterocycles. The van der Waals surface area contributed by atoms with E-state index in [2.05, 4.69) is 33.2 Å². The Bertz CT molecular complexity index is 541. The fourth-order valence-corrected chi connectivity index (χ4v) is 2.76. The van der Waals surface area contributed by atoms with Gasteiger partial charge in [-0.25, -0.2) is 0 Å². The Morgan fingerprint density at radius 1 is 1.18 bits per heavy atom. The van der Waals surface area contributed by atoms with Crippen LogP contribution >= 0.6 is 22.6 Å². The SMILES string of the molecule is Cc1cc(I)ccc1NC(=O)C(NC(=O)CC(C)C)C(C)C. The van der Waals surface area contributed by atoms with Crippen molar-refractivity contribution in [3.63, 3.8) is 0 Å². The molecule has 1 unspecified atom stereocenters. The average Bonchev–Trinajstić information content (AvgIpc) is 2.38. The number of anilines is 1. The highest BCUT2D eigenvalue weighted by atomic mass is 127. The van der Waals surface area contributed by atoms with E-state index in [1.165, 1.54) is 0 Å². The van der Waals surface area contributed by atoms with E-state index in [0.717, 1.165) is 14.8 Å². The van der Waals surface area contributed by atoms with Gasteiger partial charge in [-0.3, -0.25) is 9.59 Å². The molecule has 1 atom stereocenters. The molecular formula is C17H25IN2O2. The smallest absolute Gasteiger partial charge is 0.247 e. The summed E-state index contributed by atoms with van der Waals surface area (Å²) in [5, 5.41) is 5.77. The van der Waals surface area contributed by atoms with E-state index < -0.39 is 6.04 Å². The van der Waals surface area contributed by atoms with Gasteiger partial charge in [0, 0.05) is 15.7 Å². The van der Waals surface area contributed by atoms with Crippen molar-refractivity contribution in [2.75, 3.05) is 5.32 Å². The lowest BCUT2D eigenvalue weighted by atomic mass is 10.0. The van der Waals surface area contributed by atoms with E-state index in [0.29, 0.717) is 6.42 Å². The summed E-state index contributed by atoms with van der Waals surface area (Å²) in [6.07, 6.45) is 0.430. The van der Waals surface area contributed by atoms with Crippen molar-refractivity contribution in [2.24, 2.45) is 11.8 Å². The number of nitrogens with one attached hydrogen (secondary N) is 2. The van der Waals surface area contributed by atoms with Gasteiger partial charge in [0.2, 0.25) is 11.8 Å². The minimum Gasteiger partial charge on any atom is -0.344 e. The lowest BCUT2D eigenvalue weighted by Crippen LogP contribution is -2.47. The van der Waals surface area contributed by atoms with Crippen LogP contribution in [0.1, 0.15) is 39.7 Å². The molecular weight excluding hydrogens is 391 g/mol. The zero-order valence-corrected chi connectivity index (χ0v) is 16.0. The van der Waals surface area contributed by atoms with Crippen molar-refractivity contribution in [3.05, 3.63) is 27.3 Å². The molecule has 4 nitrogen and oxygen atoms in total. The van der Waals surface area contributed by atoms with Crippen LogP contribution in [0.2, 0.25) is 0 Å². The Balaban J connectivity index is 2.79. The minimum absolute atomic E-state index is 0.0280. The van der Waals surface area contributed by atoms with Crippen LogP contribution in [0.4, 0.5) is 5.69 Å². The van der Waals surface area contributed by atoms with Gasteiger partial charge in [-0.2, -0.15) is 0 Å². The first-order valence-electron chi connectivity index (χ1n) is 7.57. The van der Waals surface area contributed by atoms with Gasteiger partial charge in [-0.15, -0.1) is 0 Å². The maximum absolute atomic E-state index is 12.5. The molecule has 1 aromatic carbocycles. The molecule has 0 aliphatic rings. The zero-order chi connectivity index (χ0) is 16.9. The third-order valence-electron chi connectivity index (χ3n) is 3.31. The van der Waals surface area contributed by atoms with E-state index in [-0.39, 0.29) is 23.7 Å². The number of rotatable bonds is 6. The predicted octanol–water partition coefficient (Wildman–Crippen LogP) is 3.73. The molecule has 5 heteroatoms. The third kappa shape index (κ3) is 5.94. The molecule has 0 saturated carbocycles. The number of aryl methyl sites for hydroxylation is 1. The number of amides is 2. The van der Waals surface area contributed by atoms with Crippen molar-refractivity contribution >= 4 is 40.1 Å². The molecule has 2 N–H and O–H groups in total. The minimum atomic E-state index is -0.523. The molecule has 1 rings (SSSR count). The van der Waals surface area contributed by atoms with E-state index in [4.69, 9.17) is 0 Å². The van der Waals surface area contributed by atoms with Crippen LogP contribution in [-0.2, 0) is 9.59 Å². The van der Waals surface area contributed by atoms with Crippen molar-refractivity contribution in [2.45, 2.75) is 47.1 Å². The van der Waals surface area contributed by atoms with Crippen LogP contribution in [0.3, 0.4) is 0 Å². The first kappa shape index (κ1) is 18.9. The van der Waals surface area contributed by atoms with Gasteiger partial charge in [0.15, 0.2) is 0 Å². The molecule has 22 heavy (non-hydrogen) atoms. The summed E-state index contributed by atoms with van der Waals surface area (Å²) in [4.78, 5) is 24.4. The molecule has 2 amide bonds. The van der Waals surface area contributed by atoms with E-state index >= 15 is 0 Å². The second-order valence-electron chi connectivity index (χ2n) is 6.34. The fraction of sp³-hybridized carbons (Fsp3) is 0.529. The van der Waals surface area contributed by atoms with Crippen LogP contribution in [-0.4, -0.2) is 17.9 Å². The van der Waals surface area contributed by atoms with Gasteiger partial charge in [0.1, 0.15) is 6.04 Å².